The monoisotopic (exact) mass is 318 g/mol. The average Bonchev–Trinajstić information content (AvgIpc) is 2.92. The second-order valence-electron chi connectivity index (χ2n) is 5.72. The Balaban J connectivity index is 2.02. The molecule has 0 bridgehead atoms. The Kier molecular flexibility index (Phi) is 4.69. The van der Waals surface area contributed by atoms with Crippen molar-refractivity contribution in [2.75, 3.05) is 31.2 Å². The summed E-state index contributed by atoms with van der Waals surface area (Å²) in [5.41, 5.74) is 2.36. The minimum atomic E-state index is 0.464. The fourth-order valence-corrected chi connectivity index (χ4v) is 3.24. The lowest BCUT2D eigenvalue weighted by atomic mass is 10.2. The van der Waals surface area contributed by atoms with E-state index in [1.54, 1.807) is 11.8 Å². The van der Waals surface area contributed by atoms with Gasteiger partial charge in [0, 0.05) is 18.3 Å². The molecule has 0 aliphatic carbocycles. The fraction of sp³-hybridized carbons (Fsp3) is 0.500. The molecule has 22 heavy (non-hydrogen) atoms. The van der Waals surface area contributed by atoms with Crippen molar-refractivity contribution < 1.29 is 4.74 Å². The van der Waals surface area contributed by atoms with E-state index in [1.807, 2.05) is 0 Å². The smallest absolute Gasteiger partial charge is 0.232 e. The van der Waals surface area contributed by atoms with Crippen molar-refractivity contribution in [2.24, 2.45) is 0 Å². The highest BCUT2D eigenvalue weighted by molar-refractivity contribution is 7.99. The number of hydrogen-bond acceptors (Lipinski definition) is 5. The molecule has 1 saturated heterocycles. The van der Waals surface area contributed by atoms with Crippen LogP contribution in [0.3, 0.4) is 0 Å². The van der Waals surface area contributed by atoms with Crippen LogP contribution in [0.4, 0.5) is 5.95 Å². The van der Waals surface area contributed by atoms with Gasteiger partial charge in [0.15, 0.2) is 5.16 Å². The lowest BCUT2D eigenvalue weighted by molar-refractivity contribution is 0.122. The van der Waals surface area contributed by atoms with Gasteiger partial charge in [-0.2, -0.15) is 0 Å². The molecule has 5 nitrogen and oxygen atoms in total. The Hall–Kier alpha value is -1.53. The summed E-state index contributed by atoms with van der Waals surface area (Å²) in [4.78, 5) is 2.25. The third kappa shape index (κ3) is 3.28. The Morgan fingerprint density at radius 1 is 1.09 bits per heavy atom. The van der Waals surface area contributed by atoms with Gasteiger partial charge in [-0.25, -0.2) is 0 Å². The second kappa shape index (κ2) is 6.71. The van der Waals surface area contributed by atoms with Gasteiger partial charge in [-0.15, -0.1) is 10.2 Å². The number of benzene rings is 1. The van der Waals surface area contributed by atoms with Crippen LogP contribution in [0.1, 0.15) is 19.4 Å². The minimum Gasteiger partial charge on any atom is -0.378 e. The van der Waals surface area contributed by atoms with Crippen LogP contribution in [0.5, 0.6) is 0 Å². The largest absolute Gasteiger partial charge is 0.378 e. The van der Waals surface area contributed by atoms with Gasteiger partial charge < -0.3 is 9.64 Å². The molecule has 1 aromatic heterocycles. The fourth-order valence-electron chi connectivity index (χ4n) is 2.44. The first-order valence-corrected chi connectivity index (χ1v) is 8.55. The molecular weight excluding hydrogens is 296 g/mol. The molecule has 1 aromatic carbocycles. The molecule has 2 heterocycles. The van der Waals surface area contributed by atoms with Gasteiger partial charge in [0.05, 0.1) is 18.9 Å². The van der Waals surface area contributed by atoms with Gasteiger partial charge in [-0.1, -0.05) is 43.3 Å². The number of ether oxygens (including phenoxy) is 1. The van der Waals surface area contributed by atoms with E-state index >= 15 is 0 Å². The molecule has 0 saturated carbocycles. The maximum absolute atomic E-state index is 5.45. The van der Waals surface area contributed by atoms with Crippen LogP contribution in [0.2, 0.25) is 0 Å². The molecule has 0 spiro atoms. The van der Waals surface area contributed by atoms with Crippen molar-refractivity contribution in [3.05, 3.63) is 29.8 Å². The van der Waals surface area contributed by atoms with Gasteiger partial charge in [0.1, 0.15) is 0 Å². The number of morpholine rings is 1. The van der Waals surface area contributed by atoms with Crippen LogP contribution in [-0.4, -0.2) is 46.3 Å². The van der Waals surface area contributed by atoms with E-state index in [0.29, 0.717) is 5.25 Å². The number of aryl methyl sites for hydroxylation is 1. The lowest BCUT2D eigenvalue weighted by Gasteiger charge is -2.28. The van der Waals surface area contributed by atoms with Crippen LogP contribution in [0.15, 0.2) is 29.4 Å². The number of hydrogen-bond donors (Lipinski definition) is 0. The molecular formula is C16H22N4OS. The Bertz CT molecular complexity index is 618. The number of nitrogens with zero attached hydrogens (tertiary/aromatic N) is 4. The summed E-state index contributed by atoms with van der Waals surface area (Å²) >= 11 is 1.74. The second-order valence-corrected chi connectivity index (χ2v) is 7.26. The molecule has 2 aromatic rings. The van der Waals surface area contributed by atoms with Gasteiger partial charge in [0.25, 0.3) is 0 Å². The van der Waals surface area contributed by atoms with Crippen molar-refractivity contribution in [3.63, 3.8) is 0 Å². The molecule has 0 amide bonds. The Morgan fingerprint density at radius 2 is 1.77 bits per heavy atom. The standard InChI is InChI=1S/C16H22N4OS/c1-12(2)22-16-18-17-15(19-8-10-21-11-9-19)20(16)14-6-4-13(3)5-7-14/h4-7,12H,8-11H2,1-3H3. The van der Waals surface area contributed by atoms with Gasteiger partial charge in [0.2, 0.25) is 5.95 Å². The SMILES string of the molecule is Cc1ccc(-n2c(SC(C)C)nnc2N2CCOCC2)cc1. The molecule has 0 N–H and O–H groups in total. The van der Waals surface area contributed by atoms with Crippen LogP contribution in [0, 0.1) is 6.92 Å². The summed E-state index contributed by atoms with van der Waals surface area (Å²) in [6.45, 7) is 9.65. The molecule has 3 rings (SSSR count). The first-order chi connectivity index (χ1) is 10.6. The van der Waals surface area contributed by atoms with Gasteiger partial charge in [-0.05, 0) is 19.1 Å². The third-order valence-corrected chi connectivity index (χ3v) is 4.49. The number of thioether (sulfide) groups is 1. The van der Waals surface area contributed by atoms with Crippen molar-refractivity contribution in [2.45, 2.75) is 31.2 Å². The molecule has 0 atom stereocenters. The van der Waals surface area contributed by atoms with Crippen molar-refractivity contribution >= 4 is 17.7 Å². The first kappa shape index (κ1) is 15.4. The van der Waals surface area contributed by atoms with E-state index in [2.05, 4.69) is 64.7 Å². The van der Waals surface area contributed by atoms with Crippen LogP contribution >= 0.6 is 11.8 Å². The highest BCUT2D eigenvalue weighted by Crippen LogP contribution is 2.29. The summed E-state index contributed by atoms with van der Waals surface area (Å²) in [6.07, 6.45) is 0. The van der Waals surface area contributed by atoms with Gasteiger partial charge in [-0.3, -0.25) is 4.57 Å². The summed E-state index contributed by atoms with van der Waals surface area (Å²) < 4.78 is 7.61. The highest BCUT2D eigenvalue weighted by atomic mass is 32.2. The zero-order chi connectivity index (χ0) is 15.5. The maximum Gasteiger partial charge on any atom is 0.232 e. The van der Waals surface area contributed by atoms with Crippen molar-refractivity contribution in [1.29, 1.82) is 0 Å². The zero-order valence-electron chi connectivity index (χ0n) is 13.3. The van der Waals surface area contributed by atoms with E-state index in [-0.39, 0.29) is 0 Å². The topological polar surface area (TPSA) is 43.2 Å². The number of anilines is 1. The van der Waals surface area contributed by atoms with Crippen LogP contribution in [-0.2, 0) is 4.74 Å². The average molecular weight is 318 g/mol. The Labute approximate surface area is 135 Å². The molecule has 6 heteroatoms. The van der Waals surface area contributed by atoms with E-state index < -0.39 is 0 Å². The predicted octanol–water partition coefficient (Wildman–Crippen LogP) is 2.91. The highest BCUT2D eigenvalue weighted by Gasteiger charge is 2.22. The van der Waals surface area contributed by atoms with E-state index in [9.17, 15) is 0 Å². The molecule has 1 aliphatic heterocycles. The van der Waals surface area contributed by atoms with E-state index in [0.717, 1.165) is 43.1 Å². The lowest BCUT2D eigenvalue weighted by Crippen LogP contribution is -2.37. The van der Waals surface area contributed by atoms with E-state index in [4.69, 9.17) is 4.74 Å². The van der Waals surface area contributed by atoms with Crippen molar-refractivity contribution in [1.82, 2.24) is 14.8 Å². The van der Waals surface area contributed by atoms with Crippen LogP contribution < -0.4 is 4.90 Å². The first-order valence-electron chi connectivity index (χ1n) is 7.67. The molecule has 1 aliphatic rings. The summed E-state index contributed by atoms with van der Waals surface area (Å²) in [5.74, 6) is 0.912. The minimum absolute atomic E-state index is 0.464. The Morgan fingerprint density at radius 3 is 2.41 bits per heavy atom. The summed E-state index contributed by atoms with van der Waals surface area (Å²) in [6, 6.07) is 8.52. The zero-order valence-corrected chi connectivity index (χ0v) is 14.1. The van der Waals surface area contributed by atoms with Gasteiger partial charge >= 0.3 is 0 Å². The maximum atomic E-state index is 5.45. The van der Waals surface area contributed by atoms with Crippen molar-refractivity contribution in [3.8, 4) is 5.69 Å². The predicted molar refractivity (Wildman–Crippen MR) is 90.1 cm³/mol. The number of rotatable bonds is 4. The quantitative estimate of drug-likeness (QED) is 0.811. The van der Waals surface area contributed by atoms with E-state index in [1.165, 1.54) is 5.56 Å². The normalized spacial score (nSPS) is 15.5. The third-order valence-electron chi connectivity index (χ3n) is 3.54. The molecule has 1 fully saturated rings. The summed E-state index contributed by atoms with van der Waals surface area (Å²) in [7, 11) is 0. The number of aromatic nitrogens is 3. The summed E-state index contributed by atoms with van der Waals surface area (Å²) in [5, 5.41) is 10.3. The molecule has 0 radical (unpaired) electrons. The molecule has 0 unspecified atom stereocenters. The molecule has 118 valence electrons. The van der Waals surface area contributed by atoms with Crippen LogP contribution in [0.25, 0.3) is 5.69 Å².